The molecule has 1 aliphatic rings. The molecule has 0 aliphatic carbocycles. The maximum absolute atomic E-state index is 12.6. The monoisotopic (exact) mass is 434 g/mol. The Kier molecular flexibility index (Phi) is 6.28. The number of nitrogens with one attached hydrogen (secondary N) is 1. The fourth-order valence-corrected chi connectivity index (χ4v) is 3.88. The lowest BCUT2D eigenvalue weighted by atomic mass is 10.1. The van der Waals surface area contributed by atoms with Gasteiger partial charge >= 0.3 is 6.09 Å². The summed E-state index contributed by atoms with van der Waals surface area (Å²) in [5.74, 6) is 0.0387. The minimum atomic E-state index is -0.505. The van der Waals surface area contributed by atoms with Crippen LogP contribution in [0, 0.1) is 0 Å². The largest absolute Gasteiger partial charge is 0.444 e. The minimum absolute atomic E-state index is 0.0387. The molecular formula is C25H30N4O3. The van der Waals surface area contributed by atoms with Crippen LogP contribution in [0.3, 0.4) is 0 Å². The number of fused-ring (bicyclic) bond motifs is 1. The van der Waals surface area contributed by atoms with Gasteiger partial charge in [-0.25, -0.2) is 4.79 Å². The molecule has 32 heavy (non-hydrogen) atoms. The zero-order chi connectivity index (χ0) is 22.7. The van der Waals surface area contributed by atoms with Crippen LogP contribution < -0.4 is 5.32 Å². The van der Waals surface area contributed by atoms with Crippen LogP contribution in [0.25, 0.3) is 10.9 Å². The van der Waals surface area contributed by atoms with E-state index >= 15 is 0 Å². The lowest BCUT2D eigenvalue weighted by Gasteiger charge is -2.24. The maximum Gasteiger partial charge on any atom is 0.410 e. The number of amides is 1. The number of carbonyl (C=O) groups excluding carboxylic acids is 2. The Hall–Kier alpha value is -3.19. The van der Waals surface area contributed by atoms with Crippen molar-refractivity contribution >= 4 is 22.8 Å². The second-order valence-corrected chi connectivity index (χ2v) is 9.27. The third-order valence-corrected chi connectivity index (χ3v) is 5.55. The molecule has 1 amide bonds. The lowest BCUT2D eigenvalue weighted by Crippen LogP contribution is -2.39. The number of rotatable bonds is 6. The number of ether oxygens (including phenoxy) is 1. The van der Waals surface area contributed by atoms with E-state index in [1.807, 2.05) is 74.1 Å². The Morgan fingerprint density at radius 1 is 1.12 bits per heavy atom. The molecule has 1 atom stereocenters. The molecule has 7 heteroatoms. The maximum atomic E-state index is 12.6. The molecule has 1 saturated heterocycles. The molecule has 4 rings (SSSR count). The van der Waals surface area contributed by atoms with Crippen molar-refractivity contribution in [3.63, 3.8) is 0 Å². The number of carbonyl (C=O) groups is 2. The van der Waals surface area contributed by atoms with Gasteiger partial charge in [0.2, 0.25) is 0 Å². The first-order chi connectivity index (χ1) is 15.3. The van der Waals surface area contributed by atoms with Crippen molar-refractivity contribution in [2.45, 2.75) is 45.4 Å². The number of ketones is 1. The molecule has 1 fully saturated rings. The van der Waals surface area contributed by atoms with Crippen molar-refractivity contribution in [1.82, 2.24) is 20.0 Å². The standard InChI is InChI=1S/C25H30N4O3/c1-25(2,3)32-24(31)28-13-12-21(17-28)26-15-23(30)19-10-8-18(9-11-19)16-29-22-7-5-4-6-20(22)14-27-29/h4-11,14,21,26H,12-13,15-17H2,1-3H3/t21-/m1/s1. The number of Topliss-reactive ketones (excluding diaryl/α,β-unsaturated/α-hetero) is 1. The molecular weight excluding hydrogens is 404 g/mol. The average Bonchev–Trinajstić information content (AvgIpc) is 3.39. The van der Waals surface area contributed by atoms with Gasteiger partial charge in [-0.3, -0.25) is 9.48 Å². The third-order valence-electron chi connectivity index (χ3n) is 5.55. The first kappa shape index (κ1) is 22.0. The summed E-state index contributed by atoms with van der Waals surface area (Å²) in [5.41, 5.74) is 2.35. The van der Waals surface area contributed by atoms with Gasteiger partial charge in [0, 0.05) is 30.1 Å². The van der Waals surface area contributed by atoms with E-state index in [1.54, 1.807) is 4.90 Å². The third kappa shape index (κ3) is 5.34. The molecule has 1 aromatic heterocycles. The molecule has 0 unspecified atom stereocenters. The van der Waals surface area contributed by atoms with Crippen molar-refractivity contribution in [3.05, 3.63) is 65.9 Å². The van der Waals surface area contributed by atoms with Crippen molar-refractivity contribution < 1.29 is 14.3 Å². The van der Waals surface area contributed by atoms with Crippen LogP contribution in [-0.4, -0.2) is 57.8 Å². The van der Waals surface area contributed by atoms with Gasteiger partial charge in [0.05, 0.1) is 24.8 Å². The quantitative estimate of drug-likeness (QED) is 0.596. The second kappa shape index (κ2) is 9.12. The van der Waals surface area contributed by atoms with E-state index in [9.17, 15) is 9.59 Å². The summed E-state index contributed by atoms with van der Waals surface area (Å²) in [4.78, 5) is 26.5. The summed E-state index contributed by atoms with van der Waals surface area (Å²) >= 11 is 0. The summed E-state index contributed by atoms with van der Waals surface area (Å²) in [7, 11) is 0. The zero-order valence-corrected chi connectivity index (χ0v) is 18.9. The number of hydrogen-bond donors (Lipinski definition) is 1. The van der Waals surface area contributed by atoms with Crippen LogP contribution in [0.15, 0.2) is 54.7 Å². The van der Waals surface area contributed by atoms with Crippen molar-refractivity contribution in [3.8, 4) is 0 Å². The first-order valence-corrected chi connectivity index (χ1v) is 11.0. The number of likely N-dealkylation sites (tertiary alicyclic amines) is 1. The SMILES string of the molecule is CC(C)(C)OC(=O)N1CC[C@@H](NCC(=O)c2ccc(Cn3ncc4ccccc43)cc2)C1. The summed E-state index contributed by atoms with van der Waals surface area (Å²) in [6.07, 6.45) is 2.38. The molecule has 0 spiro atoms. The van der Waals surface area contributed by atoms with Crippen LogP contribution in [0.2, 0.25) is 0 Å². The van der Waals surface area contributed by atoms with Gasteiger partial charge in [-0.2, -0.15) is 5.10 Å². The Bertz CT molecular complexity index is 1100. The van der Waals surface area contributed by atoms with Crippen LogP contribution in [0.1, 0.15) is 43.1 Å². The van der Waals surface area contributed by atoms with Gasteiger partial charge in [0.15, 0.2) is 5.78 Å². The molecule has 0 bridgehead atoms. The molecule has 3 aromatic rings. The predicted molar refractivity (Wildman–Crippen MR) is 124 cm³/mol. The number of para-hydroxylation sites is 1. The van der Waals surface area contributed by atoms with E-state index in [4.69, 9.17) is 4.74 Å². The molecule has 168 valence electrons. The highest BCUT2D eigenvalue weighted by molar-refractivity contribution is 5.97. The summed E-state index contributed by atoms with van der Waals surface area (Å²) < 4.78 is 7.39. The topological polar surface area (TPSA) is 76.5 Å². The number of hydrogen-bond acceptors (Lipinski definition) is 5. The lowest BCUT2D eigenvalue weighted by molar-refractivity contribution is 0.0291. The van der Waals surface area contributed by atoms with Crippen molar-refractivity contribution in [2.75, 3.05) is 19.6 Å². The van der Waals surface area contributed by atoms with Crippen LogP contribution in [-0.2, 0) is 11.3 Å². The smallest absolute Gasteiger partial charge is 0.410 e. The van der Waals surface area contributed by atoms with Gasteiger partial charge in [-0.1, -0.05) is 42.5 Å². The Labute approximate surface area is 188 Å². The van der Waals surface area contributed by atoms with E-state index in [1.165, 1.54) is 0 Å². The summed E-state index contributed by atoms with van der Waals surface area (Å²) in [6, 6.07) is 15.9. The van der Waals surface area contributed by atoms with Crippen LogP contribution in [0.4, 0.5) is 4.79 Å². The molecule has 2 heterocycles. The molecule has 2 aromatic carbocycles. The number of benzene rings is 2. The summed E-state index contributed by atoms with van der Waals surface area (Å²) in [5, 5.41) is 8.86. The minimum Gasteiger partial charge on any atom is -0.444 e. The van der Waals surface area contributed by atoms with E-state index < -0.39 is 5.60 Å². The fourth-order valence-electron chi connectivity index (χ4n) is 3.88. The Morgan fingerprint density at radius 2 is 1.88 bits per heavy atom. The summed E-state index contributed by atoms with van der Waals surface area (Å²) in [6.45, 7) is 7.67. The molecule has 0 radical (unpaired) electrons. The van der Waals surface area contributed by atoms with Crippen molar-refractivity contribution in [2.24, 2.45) is 0 Å². The van der Waals surface area contributed by atoms with Gasteiger partial charge in [-0.05, 0) is 38.8 Å². The van der Waals surface area contributed by atoms with E-state index in [0.29, 0.717) is 25.2 Å². The van der Waals surface area contributed by atoms with E-state index in [-0.39, 0.29) is 24.5 Å². The molecule has 1 aliphatic heterocycles. The fraction of sp³-hybridized carbons (Fsp3) is 0.400. The molecule has 0 saturated carbocycles. The second-order valence-electron chi connectivity index (χ2n) is 9.27. The Morgan fingerprint density at radius 3 is 2.62 bits per heavy atom. The molecule has 1 N–H and O–H groups in total. The Balaban J connectivity index is 1.28. The van der Waals surface area contributed by atoms with E-state index in [0.717, 1.165) is 22.9 Å². The van der Waals surface area contributed by atoms with E-state index in [2.05, 4.69) is 16.5 Å². The highest BCUT2D eigenvalue weighted by Crippen LogP contribution is 2.17. The molecule has 7 nitrogen and oxygen atoms in total. The van der Waals surface area contributed by atoms with Gasteiger partial charge in [0.1, 0.15) is 5.60 Å². The van der Waals surface area contributed by atoms with Gasteiger partial charge < -0.3 is 15.0 Å². The van der Waals surface area contributed by atoms with Crippen LogP contribution in [0.5, 0.6) is 0 Å². The van der Waals surface area contributed by atoms with Gasteiger partial charge in [0.25, 0.3) is 0 Å². The van der Waals surface area contributed by atoms with Crippen molar-refractivity contribution in [1.29, 1.82) is 0 Å². The van der Waals surface area contributed by atoms with Crippen LogP contribution >= 0.6 is 0 Å². The predicted octanol–water partition coefficient (Wildman–Crippen LogP) is 3.87. The first-order valence-electron chi connectivity index (χ1n) is 11.0. The number of nitrogens with zero attached hydrogens (tertiary/aromatic N) is 3. The highest BCUT2D eigenvalue weighted by atomic mass is 16.6. The normalized spacial score (nSPS) is 16.5. The van der Waals surface area contributed by atoms with Gasteiger partial charge in [-0.15, -0.1) is 0 Å². The number of aromatic nitrogens is 2. The average molecular weight is 435 g/mol. The highest BCUT2D eigenvalue weighted by Gasteiger charge is 2.29. The zero-order valence-electron chi connectivity index (χ0n) is 18.9.